The van der Waals surface area contributed by atoms with Crippen LogP contribution < -0.4 is 0 Å². The molecule has 0 bridgehead atoms. The Morgan fingerprint density at radius 2 is 0.667 bits per heavy atom. The van der Waals surface area contributed by atoms with E-state index in [1.807, 2.05) is 0 Å². The Kier molecular flexibility index (Phi) is 3540. The van der Waals surface area contributed by atoms with E-state index in [4.69, 9.17) is 0 Å². The zero-order chi connectivity index (χ0) is 0. The Balaban J connectivity index is 0. The van der Waals surface area contributed by atoms with Crippen molar-refractivity contribution in [2.75, 3.05) is 0 Å². The van der Waals surface area contributed by atoms with Gasteiger partial charge in [0.1, 0.15) is 0 Å². The molecule has 0 aromatic rings. The van der Waals surface area contributed by atoms with Crippen LogP contribution in [0.1, 0.15) is 0 Å². The molecule has 0 unspecified atom stereocenters. The normalized spacial score (nSPS) is 0. The third kappa shape index (κ3) is 62.3. The van der Waals surface area contributed by atoms with Gasteiger partial charge in [0.2, 0.25) is 0 Å². The molecule has 4 nitrogen and oxygen atoms in total. The predicted octanol–water partition coefficient (Wildman–Crippen LogP) is -3.03. The van der Waals surface area contributed by atoms with Gasteiger partial charge in [-0.3, -0.25) is 0 Å². The summed E-state index contributed by atoms with van der Waals surface area (Å²) in [6.07, 6.45) is 0. The van der Waals surface area contributed by atoms with E-state index >= 15 is 0 Å². The summed E-state index contributed by atoms with van der Waals surface area (Å²) in [5.74, 6) is 0. The quantitative estimate of drug-likeness (QED) is 0.411. The number of hydrogen-bond acceptors (Lipinski definition) is 1. The van der Waals surface area contributed by atoms with Crippen LogP contribution in [0.2, 0.25) is 0 Å². The minimum Gasteiger partial charge on any atom is -0.870 e. The molecule has 0 saturated carbocycles. The van der Waals surface area contributed by atoms with Crippen LogP contribution in [0.5, 0.6) is 0 Å². The molecule has 6 heteroatoms. The molecule has 0 aliphatic carbocycles. The van der Waals surface area contributed by atoms with Gasteiger partial charge < -0.3 is 21.9 Å². The molecular formula is H7O4SnV-. The monoisotopic (exact) mass is 242 g/mol. The number of hydrogen-bond donors (Lipinski definition) is 0. The van der Waals surface area contributed by atoms with Gasteiger partial charge in [0.25, 0.3) is 0 Å². The van der Waals surface area contributed by atoms with E-state index in [-0.39, 0.29) is 64.4 Å². The van der Waals surface area contributed by atoms with E-state index in [1.54, 1.807) is 0 Å². The maximum Gasteiger partial charge on any atom is 0 e. The first-order valence-corrected chi connectivity index (χ1v) is 0. The minimum absolute atomic E-state index is 0. The summed E-state index contributed by atoms with van der Waals surface area (Å²) in [4.78, 5) is 0. The maximum absolute atomic E-state index is 0. The van der Waals surface area contributed by atoms with Crippen LogP contribution in [0.15, 0.2) is 0 Å². The van der Waals surface area contributed by atoms with Crippen molar-refractivity contribution in [1.82, 2.24) is 0 Å². The van der Waals surface area contributed by atoms with Crippen LogP contribution in [0.4, 0.5) is 0 Å². The third-order valence-corrected chi connectivity index (χ3v) is 0. The first kappa shape index (κ1) is 187. The van der Waals surface area contributed by atoms with Gasteiger partial charge in [-0.1, -0.05) is 0 Å². The molecule has 0 amide bonds. The van der Waals surface area contributed by atoms with Crippen LogP contribution >= 0.6 is 0 Å². The first-order chi connectivity index (χ1) is 0. The molecule has 0 atom stereocenters. The van der Waals surface area contributed by atoms with Gasteiger partial charge in [-0.05, 0) is 0 Å². The van der Waals surface area contributed by atoms with E-state index in [9.17, 15) is 0 Å². The summed E-state index contributed by atoms with van der Waals surface area (Å²) in [5.41, 5.74) is 0. The molecule has 0 spiro atoms. The van der Waals surface area contributed by atoms with E-state index in [0.29, 0.717) is 0 Å². The largest absolute Gasteiger partial charge is 0.870 e. The van der Waals surface area contributed by atoms with Crippen molar-refractivity contribution in [1.29, 1.82) is 0 Å². The van der Waals surface area contributed by atoms with Crippen LogP contribution in [-0.4, -0.2) is 45.8 Å². The molecular weight excluding hydrogens is 234 g/mol. The van der Waals surface area contributed by atoms with Crippen molar-refractivity contribution in [3.8, 4) is 0 Å². The fraction of sp³-hybridized carbons (Fsp3) is 0. The van der Waals surface area contributed by atoms with Crippen LogP contribution in [-0.2, 0) is 18.6 Å². The second-order valence-corrected chi connectivity index (χ2v) is 0. The van der Waals surface area contributed by atoms with Crippen LogP contribution in [0.25, 0.3) is 0 Å². The number of rotatable bonds is 0. The Morgan fingerprint density at radius 3 is 0.667 bits per heavy atom. The fourth-order valence-corrected chi connectivity index (χ4v) is 0. The molecule has 0 aliphatic heterocycles. The van der Waals surface area contributed by atoms with Gasteiger partial charge in [-0.15, -0.1) is 0 Å². The molecule has 0 saturated heterocycles. The Labute approximate surface area is 64.4 Å². The first-order valence-electron chi connectivity index (χ1n) is 0. The summed E-state index contributed by atoms with van der Waals surface area (Å²) in [6, 6.07) is 0. The molecule has 5 radical (unpaired) electrons. The van der Waals surface area contributed by atoms with E-state index in [2.05, 4.69) is 0 Å². The summed E-state index contributed by atoms with van der Waals surface area (Å²) >= 11 is 0. The molecule has 0 fully saturated rings. The van der Waals surface area contributed by atoms with Crippen molar-refractivity contribution in [2.24, 2.45) is 0 Å². The third-order valence-electron chi connectivity index (χ3n) is 0. The molecule has 6 heavy (non-hydrogen) atoms. The molecule has 0 aliphatic rings. The maximum atomic E-state index is 0. The van der Waals surface area contributed by atoms with E-state index in [1.165, 1.54) is 0 Å². The molecule has 7 N–H and O–H groups in total. The van der Waals surface area contributed by atoms with E-state index < -0.39 is 0 Å². The zero-order valence-corrected chi connectivity index (χ0v) is 7.15. The average molecular weight is 241 g/mol. The Morgan fingerprint density at radius 1 is 0.667 bits per heavy atom. The molecule has 0 aromatic heterocycles. The summed E-state index contributed by atoms with van der Waals surface area (Å²) in [5, 5.41) is 0. The van der Waals surface area contributed by atoms with Crippen molar-refractivity contribution in [3.05, 3.63) is 0 Å². The fourth-order valence-electron chi connectivity index (χ4n) is 0. The van der Waals surface area contributed by atoms with Gasteiger partial charge in [0.15, 0.2) is 0 Å². The average Bonchev–Trinajstić information content (AvgIpc) is 0. The predicted molar refractivity (Wildman–Crippen MR) is 18.5 cm³/mol. The molecule has 0 rings (SSSR count). The van der Waals surface area contributed by atoms with Crippen molar-refractivity contribution >= 4 is 23.9 Å². The standard InChI is InChI=1S/4H2O.Sn.V/h4*1H2;;/p-1. The van der Waals surface area contributed by atoms with Crippen molar-refractivity contribution in [3.63, 3.8) is 0 Å². The van der Waals surface area contributed by atoms with Gasteiger partial charge in [0.05, 0.1) is 0 Å². The second-order valence-electron chi connectivity index (χ2n) is 0. The van der Waals surface area contributed by atoms with Gasteiger partial charge in [-0.2, -0.15) is 0 Å². The van der Waals surface area contributed by atoms with Gasteiger partial charge in [0, 0.05) is 42.5 Å². The topological polar surface area (TPSA) is 124 Å². The zero-order valence-electron chi connectivity index (χ0n) is 2.89. The molecule has 0 heterocycles. The van der Waals surface area contributed by atoms with Crippen LogP contribution in [0, 0.1) is 0 Å². The van der Waals surface area contributed by atoms with Crippen molar-refractivity contribution in [2.45, 2.75) is 0 Å². The smallest absolute Gasteiger partial charge is 0 e. The van der Waals surface area contributed by atoms with Crippen LogP contribution in [0.3, 0.4) is 0 Å². The molecule has 41 valence electrons. The summed E-state index contributed by atoms with van der Waals surface area (Å²) in [6.45, 7) is 0. The summed E-state index contributed by atoms with van der Waals surface area (Å²) < 4.78 is 0. The summed E-state index contributed by atoms with van der Waals surface area (Å²) in [7, 11) is 0. The van der Waals surface area contributed by atoms with E-state index in [0.717, 1.165) is 0 Å². The Bertz CT molecular complexity index is 7.51. The van der Waals surface area contributed by atoms with Crippen molar-refractivity contribution < 1.29 is 40.5 Å². The van der Waals surface area contributed by atoms with Gasteiger partial charge in [-0.25, -0.2) is 0 Å². The molecule has 0 aromatic carbocycles. The second kappa shape index (κ2) is 113. The Hall–Kier alpha value is 1.22. The van der Waals surface area contributed by atoms with Gasteiger partial charge >= 0.3 is 0 Å². The SMILES string of the molecule is O.O.O.[OH-].[Sn].[V]. The minimum atomic E-state index is 0.